The Morgan fingerprint density at radius 3 is 2.96 bits per heavy atom. The number of carbonyl (C=O) groups is 1. The first-order valence-corrected chi connectivity index (χ1v) is 8.85. The molecule has 0 bridgehead atoms. The van der Waals surface area contributed by atoms with Crippen LogP contribution < -0.4 is 10.9 Å². The van der Waals surface area contributed by atoms with Crippen LogP contribution in [0.15, 0.2) is 28.6 Å². The molecule has 1 aliphatic rings. The zero-order chi connectivity index (χ0) is 17.5. The number of aromatic amines is 1. The lowest BCUT2D eigenvalue weighted by atomic mass is 9.97. The van der Waals surface area contributed by atoms with Gasteiger partial charge in [0.2, 0.25) is 0 Å². The SMILES string of the molecule is CC/C=C(\C)CN1CCC[C@@H](CNC(=O)c2ccc(C)[nH]c2=O)C1. The Balaban J connectivity index is 1.86. The van der Waals surface area contributed by atoms with Crippen molar-refractivity contribution in [2.45, 2.75) is 40.0 Å². The fourth-order valence-corrected chi connectivity index (χ4v) is 3.31. The summed E-state index contributed by atoms with van der Waals surface area (Å²) in [6.07, 6.45) is 5.63. The number of amides is 1. The topological polar surface area (TPSA) is 65.2 Å². The molecule has 1 atom stereocenters. The van der Waals surface area contributed by atoms with Gasteiger partial charge in [0.25, 0.3) is 11.5 Å². The Bertz CT molecular complexity index is 648. The van der Waals surface area contributed by atoms with E-state index in [2.05, 4.69) is 35.1 Å². The molecule has 5 heteroatoms. The number of nitrogens with one attached hydrogen (secondary N) is 2. The van der Waals surface area contributed by atoms with Gasteiger partial charge in [0.05, 0.1) is 0 Å². The van der Waals surface area contributed by atoms with Crippen molar-refractivity contribution in [3.05, 3.63) is 45.4 Å². The van der Waals surface area contributed by atoms with Crippen LogP contribution >= 0.6 is 0 Å². The van der Waals surface area contributed by atoms with Crippen LogP contribution in [-0.2, 0) is 0 Å². The number of aryl methyl sites for hydroxylation is 1. The average molecular weight is 331 g/mol. The van der Waals surface area contributed by atoms with E-state index in [-0.39, 0.29) is 17.0 Å². The van der Waals surface area contributed by atoms with Crippen molar-refractivity contribution >= 4 is 5.91 Å². The van der Waals surface area contributed by atoms with Gasteiger partial charge < -0.3 is 10.3 Å². The van der Waals surface area contributed by atoms with Gasteiger partial charge in [-0.05, 0) is 57.7 Å². The molecule has 1 aromatic rings. The van der Waals surface area contributed by atoms with E-state index >= 15 is 0 Å². The summed E-state index contributed by atoms with van der Waals surface area (Å²) in [5, 5.41) is 2.93. The number of nitrogens with zero attached hydrogens (tertiary/aromatic N) is 1. The molecule has 132 valence electrons. The highest BCUT2D eigenvalue weighted by Gasteiger charge is 2.21. The molecule has 1 fully saturated rings. The van der Waals surface area contributed by atoms with Crippen LogP contribution in [0.25, 0.3) is 0 Å². The Hall–Kier alpha value is -1.88. The smallest absolute Gasteiger partial charge is 0.260 e. The second-order valence-electron chi connectivity index (χ2n) is 6.80. The molecule has 0 aliphatic carbocycles. The highest BCUT2D eigenvalue weighted by Crippen LogP contribution is 2.17. The summed E-state index contributed by atoms with van der Waals surface area (Å²) in [5.74, 6) is 0.164. The van der Waals surface area contributed by atoms with Gasteiger partial charge in [0.1, 0.15) is 5.56 Å². The Morgan fingerprint density at radius 1 is 1.46 bits per heavy atom. The molecular formula is C19H29N3O2. The maximum atomic E-state index is 12.2. The number of aromatic nitrogens is 1. The number of allylic oxidation sites excluding steroid dienone is 1. The predicted molar refractivity (Wildman–Crippen MR) is 97.3 cm³/mol. The molecule has 1 amide bonds. The van der Waals surface area contributed by atoms with Crippen LogP contribution in [0, 0.1) is 12.8 Å². The number of carbonyl (C=O) groups excluding carboxylic acids is 1. The molecule has 0 unspecified atom stereocenters. The number of pyridine rings is 1. The van der Waals surface area contributed by atoms with Crippen LogP contribution in [-0.4, -0.2) is 42.0 Å². The van der Waals surface area contributed by atoms with E-state index in [0.717, 1.165) is 44.6 Å². The molecule has 1 aliphatic heterocycles. The Morgan fingerprint density at radius 2 is 2.25 bits per heavy atom. The molecule has 0 saturated carbocycles. The van der Waals surface area contributed by atoms with Crippen molar-refractivity contribution in [1.29, 1.82) is 0 Å². The molecule has 24 heavy (non-hydrogen) atoms. The number of likely N-dealkylation sites (tertiary alicyclic amines) is 1. The zero-order valence-corrected chi connectivity index (χ0v) is 15.0. The quantitative estimate of drug-likeness (QED) is 0.787. The van der Waals surface area contributed by atoms with Crippen LogP contribution in [0.1, 0.15) is 49.2 Å². The summed E-state index contributed by atoms with van der Waals surface area (Å²) in [6.45, 7) is 9.89. The average Bonchev–Trinajstić information content (AvgIpc) is 2.53. The summed E-state index contributed by atoms with van der Waals surface area (Å²) >= 11 is 0. The molecule has 2 rings (SSSR count). The van der Waals surface area contributed by atoms with Gasteiger partial charge in [-0.1, -0.05) is 18.6 Å². The number of hydrogen-bond acceptors (Lipinski definition) is 3. The molecule has 2 N–H and O–H groups in total. The van der Waals surface area contributed by atoms with Crippen molar-refractivity contribution in [2.75, 3.05) is 26.2 Å². The molecule has 0 radical (unpaired) electrons. The monoisotopic (exact) mass is 331 g/mol. The highest BCUT2D eigenvalue weighted by molar-refractivity contribution is 5.93. The Labute approximate surface area is 144 Å². The van der Waals surface area contributed by atoms with E-state index in [1.165, 1.54) is 5.57 Å². The molecule has 0 spiro atoms. The second kappa shape index (κ2) is 8.83. The maximum Gasteiger partial charge on any atom is 0.260 e. The van der Waals surface area contributed by atoms with E-state index < -0.39 is 0 Å². The number of piperidine rings is 1. The van der Waals surface area contributed by atoms with Gasteiger partial charge in [0.15, 0.2) is 0 Å². The fraction of sp³-hybridized carbons (Fsp3) is 0.579. The minimum absolute atomic E-state index is 0.190. The fourth-order valence-electron chi connectivity index (χ4n) is 3.31. The molecule has 2 heterocycles. The molecular weight excluding hydrogens is 302 g/mol. The van der Waals surface area contributed by atoms with Gasteiger partial charge in [-0.3, -0.25) is 14.5 Å². The van der Waals surface area contributed by atoms with Gasteiger partial charge >= 0.3 is 0 Å². The summed E-state index contributed by atoms with van der Waals surface area (Å²) in [4.78, 5) is 29.2. The van der Waals surface area contributed by atoms with E-state index in [4.69, 9.17) is 0 Å². The van der Waals surface area contributed by atoms with Crippen LogP contribution in [0.4, 0.5) is 0 Å². The number of hydrogen-bond donors (Lipinski definition) is 2. The van der Waals surface area contributed by atoms with Gasteiger partial charge in [-0.25, -0.2) is 0 Å². The molecule has 0 aromatic carbocycles. The molecule has 5 nitrogen and oxygen atoms in total. The third-order valence-electron chi connectivity index (χ3n) is 4.48. The lowest BCUT2D eigenvalue weighted by Crippen LogP contribution is -2.42. The lowest BCUT2D eigenvalue weighted by Gasteiger charge is -2.33. The van der Waals surface area contributed by atoms with Crippen LogP contribution in [0.5, 0.6) is 0 Å². The van der Waals surface area contributed by atoms with Gasteiger partial charge in [-0.2, -0.15) is 0 Å². The van der Waals surface area contributed by atoms with Crippen LogP contribution in [0.2, 0.25) is 0 Å². The minimum Gasteiger partial charge on any atom is -0.352 e. The van der Waals surface area contributed by atoms with Crippen molar-refractivity contribution in [2.24, 2.45) is 5.92 Å². The standard InChI is InChI=1S/C19H29N3O2/c1-4-6-14(2)12-22-10-5-7-16(13-22)11-20-18(23)17-9-8-15(3)21-19(17)24/h6,8-9,16H,4-5,7,10-13H2,1-3H3,(H,20,23)(H,21,24)/b14-6+/t16-/m0/s1. The van der Waals surface area contributed by atoms with Gasteiger partial charge in [0, 0.05) is 25.3 Å². The van der Waals surface area contributed by atoms with Crippen molar-refractivity contribution in [3.8, 4) is 0 Å². The van der Waals surface area contributed by atoms with Gasteiger partial charge in [-0.15, -0.1) is 0 Å². The van der Waals surface area contributed by atoms with E-state index in [1.807, 2.05) is 0 Å². The third-order valence-corrected chi connectivity index (χ3v) is 4.48. The summed E-state index contributed by atoms with van der Waals surface area (Å²) in [6, 6.07) is 3.34. The molecule has 1 aromatic heterocycles. The third kappa shape index (κ3) is 5.34. The lowest BCUT2D eigenvalue weighted by molar-refractivity contribution is 0.0932. The second-order valence-corrected chi connectivity index (χ2v) is 6.80. The van der Waals surface area contributed by atoms with Crippen LogP contribution in [0.3, 0.4) is 0 Å². The summed E-state index contributed by atoms with van der Waals surface area (Å²) in [5.41, 5.74) is 2.04. The van der Waals surface area contributed by atoms with Crippen molar-refractivity contribution in [1.82, 2.24) is 15.2 Å². The first-order valence-electron chi connectivity index (χ1n) is 8.85. The minimum atomic E-state index is -0.321. The summed E-state index contributed by atoms with van der Waals surface area (Å²) < 4.78 is 0. The maximum absolute atomic E-state index is 12.2. The predicted octanol–water partition coefficient (Wildman–Crippen LogP) is 2.48. The first kappa shape index (κ1) is 18.5. The van der Waals surface area contributed by atoms with E-state index in [9.17, 15) is 9.59 Å². The van der Waals surface area contributed by atoms with E-state index in [1.54, 1.807) is 19.1 Å². The van der Waals surface area contributed by atoms with Crippen molar-refractivity contribution in [3.63, 3.8) is 0 Å². The number of H-pyrrole nitrogens is 1. The zero-order valence-electron chi connectivity index (χ0n) is 15.0. The summed E-state index contributed by atoms with van der Waals surface area (Å²) in [7, 11) is 0. The normalized spacial score (nSPS) is 19.3. The van der Waals surface area contributed by atoms with E-state index in [0.29, 0.717) is 12.5 Å². The largest absolute Gasteiger partial charge is 0.352 e. The molecule has 1 saturated heterocycles. The Kier molecular flexibility index (Phi) is 6.79. The first-order chi connectivity index (χ1) is 11.5. The highest BCUT2D eigenvalue weighted by atomic mass is 16.2. The van der Waals surface area contributed by atoms with Crippen molar-refractivity contribution < 1.29 is 4.79 Å². The number of rotatable bonds is 6.